The maximum absolute atomic E-state index is 12.0. The molecule has 1 aliphatic rings. The molecule has 2 N–H and O–H groups in total. The Morgan fingerprint density at radius 1 is 1.58 bits per heavy atom. The van der Waals surface area contributed by atoms with Gasteiger partial charge in [-0.25, -0.2) is 4.98 Å². The molecule has 4 nitrogen and oxygen atoms in total. The molecule has 1 aromatic rings. The Morgan fingerprint density at radius 2 is 2.47 bits per heavy atom. The third kappa shape index (κ3) is 4.27. The largest absolute Gasteiger partial charge is 0.384 e. The van der Waals surface area contributed by atoms with E-state index < -0.39 is 0 Å². The predicted octanol–water partition coefficient (Wildman–Crippen LogP) is 1.65. The molecule has 1 fully saturated rings. The lowest BCUT2D eigenvalue weighted by Gasteiger charge is -2.20. The number of pyridine rings is 1. The summed E-state index contributed by atoms with van der Waals surface area (Å²) in [5.74, 6) is 6.94. The minimum atomic E-state index is -0.178. The van der Waals surface area contributed by atoms with Crippen LogP contribution in [0.1, 0.15) is 24.8 Å². The van der Waals surface area contributed by atoms with E-state index in [0.717, 1.165) is 24.2 Å². The molecule has 5 heteroatoms. The van der Waals surface area contributed by atoms with Crippen molar-refractivity contribution in [2.24, 2.45) is 0 Å². The first-order chi connectivity index (χ1) is 9.29. The highest BCUT2D eigenvalue weighted by Crippen LogP contribution is 2.25. The van der Waals surface area contributed by atoms with Gasteiger partial charge in [-0.1, -0.05) is 18.3 Å². The first kappa shape index (κ1) is 13.9. The summed E-state index contributed by atoms with van der Waals surface area (Å²) in [5, 5.41) is 11.5. The predicted molar refractivity (Wildman–Crippen MR) is 76.9 cm³/mol. The van der Waals surface area contributed by atoms with Gasteiger partial charge in [0.15, 0.2) is 0 Å². The number of aromatic nitrogens is 1. The van der Waals surface area contributed by atoms with E-state index in [2.05, 4.69) is 22.1 Å². The molecule has 0 radical (unpaired) electrons. The van der Waals surface area contributed by atoms with Gasteiger partial charge in [0.1, 0.15) is 12.4 Å². The van der Waals surface area contributed by atoms with Crippen LogP contribution < -0.4 is 5.32 Å². The van der Waals surface area contributed by atoms with Crippen molar-refractivity contribution in [3.63, 3.8) is 0 Å². The molecule has 1 aliphatic heterocycles. The van der Waals surface area contributed by atoms with E-state index >= 15 is 0 Å². The summed E-state index contributed by atoms with van der Waals surface area (Å²) in [6, 6.07) is 3.46. The average Bonchev–Trinajstić information content (AvgIpc) is 2.46. The van der Waals surface area contributed by atoms with Crippen molar-refractivity contribution in [2.75, 3.05) is 17.7 Å². The second-order valence-electron chi connectivity index (χ2n) is 4.23. The van der Waals surface area contributed by atoms with Gasteiger partial charge in [0.25, 0.3) is 0 Å². The molecule has 0 aliphatic carbocycles. The highest BCUT2D eigenvalue weighted by Gasteiger charge is 2.21. The van der Waals surface area contributed by atoms with E-state index in [-0.39, 0.29) is 17.8 Å². The van der Waals surface area contributed by atoms with E-state index in [1.54, 1.807) is 30.1 Å². The summed E-state index contributed by atoms with van der Waals surface area (Å²) in [5.41, 5.74) is 0.732. The van der Waals surface area contributed by atoms with Crippen molar-refractivity contribution in [3.8, 4) is 11.8 Å². The zero-order valence-corrected chi connectivity index (χ0v) is 11.4. The van der Waals surface area contributed by atoms with Crippen LogP contribution in [0.4, 0.5) is 5.82 Å². The number of carbonyl (C=O) groups excluding carboxylic acids is 1. The van der Waals surface area contributed by atoms with Gasteiger partial charge >= 0.3 is 0 Å². The number of amides is 1. The van der Waals surface area contributed by atoms with E-state index in [4.69, 9.17) is 5.11 Å². The van der Waals surface area contributed by atoms with Gasteiger partial charge in [-0.2, -0.15) is 0 Å². The number of nitrogens with one attached hydrogen (secondary N) is 1. The number of hydrogen-bond donors (Lipinski definition) is 2. The van der Waals surface area contributed by atoms with Crippen LogP contribution in [0.3, 0.4) is 0 Å². The quantitative estimate of drug-likeness (QED) is 0.806. The first-order valence-electron chi connectivity index (χ1n) is 6.28. The molecule has 0 spiro atoms. The maximum Gasteiger partial charge on any atom is 0.238 e. The van der Waals surface area contributed by atoms with Crippen LogP contribution in [-0.4, -0.2) is 33.6 Å². The molecular weight excluding hydrogens is 260 g/mol. The standard InChI is InChI=1S/C14H16N2O2S/c17-8-3-4-11-6-7-15-13(10-11)16-14(18)12-5-1-2-9-19-12/h6-7,10,12,17H,1-2,5,8-9H2,(H,15,16,18). The number of rotatable bonds is 2. The summed E-state index contributed by atoms with van der Waals surface area (Å²) >= 11 is 1.71. The van der Waals surface area contributed by atoms with E-state index in [9.17, 15) is 4.79 Å². The average molecular weight is 276 g/mol. The number of nitrogens with zero attached hydrogens (tertiary/aromatic N) is 1. The number of anilines is 1. The lowest BCUT2D eigenvalue weighted by molar-refractivity contribution is -0.115. The second-order valence-corrected chi connectivity index (χ2v) is 5.54. The fourth-order valence-corrected chi connectivity index (χ4v) is 3.07. The van der Waals surface area contributed by atoms with Crippen molar-refractivity contribution in [1.29, 1.82) is 0 Å². The number of carbonyl (C=O) groups is 1. The zero-order valence-electron chi connectivity index (χ0n) is 10.6. The molecule has 0 saturated carbocycles. The maximum atomic E-state index is 12.0. The van der Waals surface area contributed by atoms with Crippen molar-refractivity contribution in [2.45, 2.75) is 24.5 Å². The van der Waals surface area contributed by atoms with E-state index in [0.29, 0.717) is 5.82 Å². The van der Waals surface area contributed by atoms with Crippen LogP contribution >= 0.6 is 11.8 Å². The normalized spacial score (nSPS) is 18.3. The molecule has 2 heterocycles. The highest BCUT2D eigenvalue weighted by atomic mass is 32.2. The Balaban J connectivity index is 1.99. The van der Waals surface area contributed by atoms with Crippen molar-refractivity contribution in [3.05, 3.63) is 23.9 Å². The molecular formula is C14H16N2O2S. The molecule has 1 aromatic heterocycles. The van der Waals surface area contributed by atoms with Crippen LogP contribution in [0.5, 0.6) is 0 Å². The molecule has 100 valence electrons. The number of thioether (sulfide) groups is 1. The van der Waals surface area contributed by atoms with Gasteiger partial charge in [0, 0.05) is 11.8 Å². The first-order valence-corrected chi connectivity index (χ1v) is 7.33. The van der Waals surface area contributed by atoms with Gasteiger partial charge in [0.05, 0.1) is 5.25 Å². The Kier molecular flexibility index (Phi) is 5.25. The molecule has 1 atom stereocenters. The SMILES string of the molecule is O=C(Nc1cc(C#CCO)ccn1)C1CCCCS1. The Labute approximate surface area is 117 Å². The summed E-state index contributed by atoms with van der Waals surface area (Å²) in [7, 11) is 0. The third-order valence-corrected chi connectivity index (χ3v) is 4.17. The van der Waals surface area contributed by atoms with E-state index in [1.165, 1.54) is 6.42 Å². The highest BCUT2D eigenvalue weighted by molar-refractivity contribution is 8.00. The zero-order chi connectivity index (χ0) is 13.5. The molecule has 0 aromatic carbocycles. The summed E-state index contributed by atoms with van der Waals surface area (Å²) in [4.78, 5) is 16.2. The van der Waals surface area contributed by atoms with Crippen molar-refractivity contribution in [1.82, 2.24) is 4.98 Å². The summed E-state index contributed by atoms with van der Waals surface area (Å²) in [6.07, 6.45) is 4.84. The monoisotopic (exact) mass is 276 g/mol. The molecule has 19 heavy (non-hydrogen) atoms. The van der Waals surface area contributed by atoms with Crippen molar-refractivity contribution < 1.29 is 9.90 Å². The fourth-order valence-electron chi connectivity index (χ4n) is 1.87. The lowest BCUT2D eigenvalue weighted by Crippen LogP contribution is -2.27. The number of hydrogen-bond acceptors (Lipinski definition) is 4. The Bertz CT molecular complexity index is 502. The minimum absolute atomic E-state index is 0.0180. The van der Waals surface area contributed by atoms with Gasteiger partial charge in [-0.05, 0) is 30.7 Å². The molecule has 2 rings (SSSR count). The fraction of sp³-hybridized carbons (Fsp3) is 0.429. The molecule has 1 saturated heterocycles. The third-order valence-electron chi connectivity index (χ3n) is 2.80. The number of aliphatic hydroxyl groups is 1. The van der Waals surface area contributed by atoms with Crippen molar-refractivity contribution >= 4 is 23.5 Å². The van der Waals surface area contributed by atoms with Crippen LogP contribution in [0.2, 0.25) is 0 Å². The molecule has 0 bridgehead atoms. The Morgan fingerprint density at radius 3 is 3.21 bits per heavy atom. The van der Waals surface area contributed by atoms with Gasteiger partial charge in [-0.15, -0.1) is 11.8 Å². The van der Waals surface area contributed by atoms with Crippen LogP contribution in [0, 0.1) is 11.8 Å². The second kappa shape index (κ2) is 7.17. The smallest absolute Gasteiger partial charge is 0.238 e. The van der Waals surface area contributed by atoms with Crippen LogP contribution in [-0.2, 0) is 4.79 Å². The minimum Gasteiger partial charge on any atom is -0.384 e. The summed E-state index contributed by atoms with van der Waals surface area (Å²) in [6.45, 7) is -0.178. The van der Waals surface area contributed by atoms with Crippen LogP contribution in [0.25, 0.3) is 0 Å². The van der Waals surface area contributed by atoms with Gasteiger partial charge < -0.3 is 10.4 Å². The Hall–Kier alpha value is -1.51. The van der Waals surface area contributed by atoms with E-state index in [1.807, 2.05) is 0 Å². The molecule has 1 unspecified atom stereocenters. The molecule has 1 amide bonds. The topological polar surface area (TPSA) is 62.2 Å². The summed E-state index contributed by atoms with van der Waals surface area (Å²) < 4.78 is 0. The van der Waals surface area contributed by atoms with Gasteiger partial charge in [-0.3, -0.25) is 4.79 Å². The lowest BCUT2D eigenvalue weighted by atomic mass is 10.2. The van der Waals surface area contributed by atoms with Crippen LogP contribution in [0.15, 0.2) is 18.3 Å². The number of aliphatic hydroxyl groups excluding tert-OH is 1. The van der Waals surface area contributed by atoms with Gasteiger partial charge in [0.2, 0.25) is 5.91 Å².